The maximum atomic E-state index is 12.0. The van der Waals surface area contributed by atoms with E-state index in [-0.39, 0.29) is 18.3 Å². The van der Waals surface area contributed by atoms with Crippen molar-refractivity contribution >= 4 is 16.9 Å². The fraction of sp³-hybridized carbons (Fsp3) is 0.400. The summed E-state index contributed by atoms with van der Waals surface area (Å²) in [7, 11) is 0. The smallest absolute Gasteiger partial charge is 0.287 e. The summed E-state index contributed by atoms with van der Waals surface area (Å²) in [6, 6.07) is 5.66. The Labute approximate surface area is 112 Å². The first-order chi connectivity index (χ1) is 8.82. The molecule has 0 aliphatic heterocycles. The van der Waals surface area contributed by atoms with Crippen molar-refractivity contribution in [2.75, 3.05) is 6.61 Å². The Hall–Kier alpha value is -1.81. The molecular formula is C15H19NO3. The lowest BCUT2D eigenvalue weighted by Gasteiger charge is -2.22. The van der Waals surface area contributed by atoms with Gasteiger partial charge in [-0.15, -0.1) is 0 Å². The zero-order valence-corrected chi connectivity index (χ0v) is 11.7. The average molecular weight is 261 g/mol. The summed E-state index contributed by atoms with van der Waals surface area (Å²) in [5, 5.41) is 12.8. The van der Waals surface area contributed by atoms with Crippen LogP contribution in [0.15, 0.2) is 22.6 Å². The summed E-state index contributed by atoms with van der Waals surface area (Å²) in [5.74, 6) is -0.0490. The van der Waals surface area contributed by atoms with E-state index in [0.717, 1.165) is 16.5 Å². The first-order valence-electron chi connectivity index (χ1n) is 6.26. The Bertz CT molecular complexity index is 587. The minimum atomic E-state index is -0.665. The van der Waals surface area contributed by atoms with E-state index in [9.17, 15) is 4.79 Å². The quantitative estimate of drug-likeness (QED) is 0.892. The number of hydrogen-bond donors (Lipinski definition) is 2. The van der Waals surface area contributed by atoms with Crippen LogP contribution in [-0.2, 0) is 0 Å². The van der Waals surface area contributed by atoms with Gasteiger partial charge in [-0.05, 0) is 57.0 Å². The average Bonchev–Trinajstić information content (AvgIpc) is 2.72. The molecule has 1 amide bonds. The second kappa shape index (κ2) is 4.70. The standard InChI is InChI=1S/C15H19NO3/c1-9-5-11-7-13(19-12(11)6-10(9)2)14(18)16-15(3,4)8-17/h5-7,17H,8H2,1-4H3,(H,16,18). The molecule has 2 aromatic rings. The van der Waals surface area contributed by atoms with Gasteiger partial charge in [0.1, 0.15) is 5.58 Å². The van der Waals surface area contributed by atoms with Crippen molar-refractivity contribution in [2.24, 2.45) is 0 Å². The molecule has 19 heavy (non-hydrogen) atoms. The Morgan fingerprint density at radius 3 is 2.53 bits per heavy atom. The minimum Gasteiger partial charge on any atom is -0.451 e. The van der Waals surface area contributed by atoms with Gasteiger partial charge in [-0.3, -0.25) is 4.79 Å². The lowest BCUT2D eigenvalue weighted by molar-refractivity contribution is 0.0843. The van der Waals surface area contributed by atoms with E-state index in [0.29, 0.717) is 5.58 Å². The topological polar surface area (TPSA) is 62.5 Å². The molecule has 2 rings (SSSR count). The van der Waals surface area contributed by atoms with Crippen LogP contribution in [0.25, 0.3) is 11.0 Å². The van der Waals surface area contributed by atoms with Gasteiger partial charge in [0.15, 0.2) is 5.76 Å². The number of rotatable bonds is 3. The maximum Gasteiger partial charge on any atom is 0.287 e. The molecule has 0 unspecified atom stereocenters. The van der Waals surface area contributed by atoms with Crippen LogP contribution in [0.2, 0.25) is 0 Å². The van der Waals surface area contributed by atoms with Gasteiger partial charge in [-0.2, -0.15) is 0 Å². The molecule has 0 bridgehead atoms. The SMILES string of the molecule is Cc1cc2cc(C(=O)NC(C)(C)CO)oc2cc1C. The predicted octanol–water partition coefficient (Wildman–Crippen LogP) is 2.55. The third kappa shape index (κ3) is 2.79. The number of benzene rings is 1. The number of carbonyl (C=O) groups excluding carboxylic acids is 1. The first kappa shape index (κ1) is 13.6. The number of furan rings is 1. The van der Waals surface area contributed by atoms with Gasteiger partial charge < -0.3 is 14.8 Å². The number of carbonyl (C=O) groups is 1. The van der Waals surface area contributed by atoms with Gasteiger partial charge in [-0.25, -0.2) is 0 Å². The summed E-state index contributed by atoms with van der Waals surface area (Å²) >= 11 is 0. The van der Waals surface area contributed by atoms with Crippen molar-refractivity contribution in [3.63, 3.8) is 0 Å². The fourth-order valence-corrected chi connectivity index (χ4v) is 1.82. The number of fused-ring (bicyclic) bond motifs is 1. The largest absolute Gasteiger partial charge is 0.451 e. The zero-order valence-electron chi connectivity index (χ0n) is 11.7. The summed E-state index contributed by atoms with van der Waals surface area (Å²) < 4.78 is 5.56. The minimum absolute atomic E-state index is 0.128. The monoisotopic (exact) mass is 261 g/mol. The number of aryl methyl sites for hydroxylation is 2. The fourth-order valence-electron chi connectivity index (χ4n) is 1.82. The maximum absolute atomic E-state index is 12.0. The van der Waals surface area contributed by atoms with Crippen LogP contribution in [0.5, 0.6) is 0 Å². The van der Waals surface area contributed by atoms with Gasteiger partial charge in [0.25, 0.3) is 5.91 Å². The van der Waals surface area contributed by atoms with Crippen LogP contribution < -0.4 is 5.32 Å². The Kier molecular flexibility index (Phi) is 3.37. The van der Waals surface area contributed by atoms with Crippen LogP contribution in [0.1, 0.15) is 35.5 Å². The third-order valence-corrected chi connectivity index (χ3v) is 3.20. The zero-order chi connectivity index (χ0) is 14.2. The van der Waals surface area contributed by atoms with Crippen LogP contribution >= 0.6 is 0 Å². The molecule has 1 aromatic heterocycles. The van der Waals surface area contributed by atoms with Crippen molar-refractivity contribution in [1.82, 2.24) is 5.32 Å². The summed E-state index contributed by atoms with van der Waals surface area (Å²) in [4.78, 5) is 12.0. The van der Waals surface area contributed by atoms with E-state index in [1.54, 1.807) is 19.9 Å². The number of aliphatic hydroxyl groups is 1. The molecule has 1 aromatic carbocycles. The molecule has 1 heterocycles. The van der Waals surface area contributed by atoms with Crippen molar-refractivity contribution < 1.29 is 14.3 Å². The summed E-state index contributed by atoms with van der Waals surface area (Å²) in [5.41, 5.74) is 2.33. The number of aliphatic hydroxyl groups excluding tert-OH is 1. The van der Waals surface area contributed by atoms with E-state index in [4.69, 9.17) is 9.52 Å². The van der Waals surface area contributed by atoms with Gasteiger partial charge in [-0.1, -0.05) is 0 Å². The van der Waals surface area contributed by atoms with E-state index in [2.05, 4.69) is 5.32 Å². The molecule has 0 spiro atoms. The lowest BCUT2D eigenvalue weighted by atomic mass is 10.1. The molecule has 4 nitrogen and oxygen atoms in total. The first-order valence-corrected chi connectivity index (χ1v) is 6.26. The van der Waals surface area contributed by atoms with Crippen molar-refractivity contribution in [1.29, 1.82) is 0 Å². The Balaban J connectivity index is 2.33. The molecular weight excluding hydrogens is 242 g/mol. The summed E-state index contributed by atoms with van der Waals surface area (Å²) in [6.07, 6.45) is 0. The molecule has 2 N–H and O–H groups in total. The van der Waals surface area contributed by atoms with E-state index < -0.39 is 5.54 Å². The van der Waals surface area contributed by atoms with Crippen LogP contribution in [-0.4, -0.2) is 23.2 Å². The van der Waals surface area contributed by atoms with Gasteiger partial charge >= 0.3 is 0 Å². The molecule has 4 heteroatoms. The molecule has 102 valence electrons. The van der Waals surface area contributed by atoms with Crippen molar-refractivity contribution in [3.05, 3.63) is 35.1 Å². The molecule has 0 fully saturated rings. The van der Waals surface area contributed by atoms with Crippen molar-refractivity contribution in [3.8, 4) is 0 Å². The molecule has 0 saturated heterocycles. The highest BCUT2D eigenvalue weighted by Crippen LogP contribution is 2.23. The van der Waals surface area contributed by atoms with Crippen LogP contribution in [0.4, 0.5) is 0 Å². The normalized spacial score (nSPS) is 11.8. The predicted molar refractivity (Wildman–Crippen MR) is 74.3 cm³/mol. The Morgan fingerprint density at radius 1 is 1.26 bits per heavy atom. The second-order valence-corrected chi connectivity index (χ2v) is 5.58. The van der Waals surface area contributed by atoms with Gasteiger partial charge in [0.2, 0.25) is 0 Å². The summed E-state index contributed by atoms with van der Waals surface area (Å²) in [6.45, 7) is 7.41. The number of hydrogen-bond acceptors (Lipinski definition) is 3. The molecule has 0 atom stereocenters. The molecule has 0 radical (unpaired) electrons. The molecule has 0 aliphatic rings. The lowest BCUT2D eigenvalue weighted by Crippen LogP contribution is -2.46. The number of nitrogens with one attached hydrogen (secondary N) is 1. The highest BCUT2D eigenvalue weighted by molar-refractivity contribution is 5.96. The van der Waals surface area contributed by atoms with Gasteiger partial charge in [0.05, 0.1) is 12.1 Å². The highest BCUT2D eigenvalue weighted by Gasteiger charge is 2.22. The van der Waals surface area contributed by atoms with E-state index in [1.807, 2.05) is 26.0 Å². The second-order valence-electron chi connectivity index (χ2n) is 5.58. The van der Waals surface area contributed by atoms with E-state index in [1.165, 1.54) is 0 Å². The van der Waals surface area contributed by atoms with E-state index >= 15 is 0 Å². The Morgan fingerprint density at radius 2 is 1.89 bits per heavy atom. The number of amides is 1. The van der Waals surface area contributed by atoms with Crippen molar-refractivity contribution in [2.45, 2.75) is 33.2 Å². The third-order valence-electron chi connectivity index (χ3n) is 3.20. The van der Waals surface area contributed by atoms with Gasteiger partial charge in [0, 0.05) is 5.39 Å². The highest BCUT2D eigenvalue weighted by atomic mass is 16.3. The van der Waals surface area contributed by atoms with Crippen LogP contribution in [0.3, 0.4) is 0 Å². The van der Waals surface area contributed by atoms with Crippen LogP contribution in [0, 0.1) is 13.8 Å². The molecule has 0 aliphatic carbocycles. The molecule has 0 saturated carbocycles.